The van der Waals surface area contributed by atoms with Gasteiger partial charge in [-0.1, -0.05) is 194 Å². The van der Waals surface area contributed by atoms with Crippen LogP contribution in [0.15, 0.2) is 206 Å². The van der Waals surface area contributed by atoms with Crippen LogP contribution in [0.2, 0.25) is 0 Å². The number of aryl methyl sites for hydroxylation is 1. The van der Waals surface area contributed by atoms with Crippen LogP contribution in [0.1, 0.15) is 40.0 Å². The number of fused-ring (bicyclic) bond motifs is 16. The second kappa shape index (κ2) is 15.7. The lowest BCUT2D eigenvalue weighted by atomic mass is 9.80. The standard InChI is InChI=1S/C70H44S2/c1-3-17-43-37-45(31-29-41(43)15-1)63-49-19-5-9-23-53(49)65(54-24-10-6-20-50(54)63)47-33-35-59-61(39-47)71-69-67(59)57-27-13-14-28-58(57)68-60-36-34-48(40-62(60)72-70(68)69)66-55-25-11-7-21-51(55)64(52-22-8-12-26-56(52)66)46-32-30-42-16-2-4-18-44(42)38-46/h1-7,9-21,23-32,34,36-40H,8,22,33,35H2. The molecule has 14 aromatic rings. The fourth-order valence-corrected chi connectivity index (χ4v) is 15.8. The average Bonchev–Trinajstić information content (AvgIpc) is 4.03. The van der Waals surface area contributed by atoms with E-state index < -0.39 is 0 Å². The molecule has 0 atom stereocenters. The first-order valence-corrected chi connectivity index (χ1v) is 27.0. The maximum Gasteiger partial charge on any atom is 0.0540 e. The van der Waals surface area contributed by atoms with E-state index in [1.165, 1.54) is 161 Å². The lowest BCUT2D eigenvalue weighted by Crippen LogP contribution is -2.02. The topological polar surface area (TPSA) is 0 Å². The summed E-state index contributed by atoms with van der Waals surface area (Å²) in [6.45, 7) is 0. The van der Waals surface area contributed by atoms with Gasteiger partial charge in [-0.15, -0.1) is 22.7 Å². The maximum atomic E-state index is 2.57. The molecule has 2 aliphatic rings. The summed E-state index contributed by atoms with van der Waals surface area (Å²) in [5.41, 5.74) is 15.1. The molecule has 0 saturated heterocycles. The van der Waals surface area contributed by atoms with Gasteiger partial charge < -0.3 is 0 Å². The summed E-state index contributed by atoms with van der Waals surface area (Å²) in [6.07, 6.45) is 11.5. The molecule has 0 unspecified atom stereocenters. The van der Waals surface area contributed by atoms with Gasteiger partial charge in [0.15, 0.2) is 0 Å². The van der Waals surface area contributed by atoms with Gasteiger partial charge in [-0.05, 0) is 176 Å². The van der Waals surface area contributed by atoms with E-state index >= 15 is 0 Å². The van der Waals surface area contributed by atoms with E-state index in [1.807, 2.05) is 22.7 Å². The van der Waals surface area contributed by atoms with Gasteiger partial charge in [0.1, 0.15) is 0 Å². The van der Waals surface area contributed by atoms with Crippen LogP contribution in [0.4, 0.5) is 0 Å². The van der Waals surface area contributed by atoms with Gasteiger partial charge in [-0.25, -0.2) is 0 Å². The number of rotatable bonds is 4. The van der Waals surface area contributed by atoms with Crippen LogP contribution >= 0.6 is 22.7 Å². The van der Waals surface area contributed by atoms with Crippen molar-refractivity contribution in [3.8, 4) is 33.4 Å². The Bertz CT molecular complexity index is 4690. The zero-order valence-electron chi connectivity index (χ0n) is 39.4. The zero-order chi connectivity index (χ0) is 47.0. The first-order valence-electron chi connectivity index (χ1n) is 25.4. The number of hydrogen-bond donors (Lipinski definition) is 0. The molecule has 0 amide bonds. The van der Waals surface area contributed by atoms with E-state index in [9.17, 15) is 0 Å². The Kier molecular flexibility index (Phi) is 8.84. The van der Waals surface area contributed by atoms with Gasteiger partial charge in [0.2, 0.25) is 0 Å². The van der Waals surface area contributed by atoms with Gasteiger partial charge in [0.05, 0.1) is 9.40 Å². The third-order valence-corrected chi connectivity index (χ3v) is 18.7. The molecule has 0 fully saturated rings. The molecular formula is C70H44S2. The zero-order valence-corrected chi connectivity index (χ0v) is 41.1. The third kappa shape index (κ3) is 5.91. The molecule has 0 radical (unpaired) electrons. The van der Waals surface area contributed by atoms with Crippen LogP contribution < -0.4 is 0 Å². The summed E-state index contributed by atoms with van der Waals surface area (Å²) in [5, 5.41) is 20.0. The lowest BCUT2D eigenvalue weighted by Gasteiger charge is -2.24. The first-order chi connectivity index (χ1) is 35.7. The Morgan fingerprint density at radius 1 is 0.333 bits per heavy atom. The Hall–Kier alpha value is -8.14. The highest BCUT2D eigenvalue weighted by atomic mass is 32.1. The van der Waals surface area contributed by atoms with Crippen molar-refractivity contribution in [2.75, 3.05) is 0 Å². The molecule has 0 bridgehead atoms. The van der Waals surface area contributed by atoms with Crippen molar-refractivity contribution in [1.29, 1.82) is 0 Å². The molecule has 0 aliphatic heterocycles. The SMILES string of the molecule is C1=Cc2c(c(-c3ccc4ccccc4c3)c3ccccc3c2-c2ccc3c(c2)sc2c4sc5c(c4c4ccccc4c32)CCC(c2c3ccccc3c(-c3ccc4ccccc4c3)c3ccccc23)=C5)CC1. The highest BCUT2D eigenvalue weighted by Gasteiger charge is 2.27. The maximum absolute atomic E-state index is 2.57. The molecule has 2 heterocycles. The monoisotopic (exact) mass is 948 g/mol. The van der Waals surface area contributed by atoms with Crippen molar-refractivity contribution in [1.82, 2.24) is 0 Å². The van der Waals surface area contributed by atoms with Crippen LogP contribution in [0.25, 0.3) is 146 Å². The molecule has 2 aromatic heterocycles. The average molecular weight is 949 g/mol. The molecule has 72 heavy (non-hydrogen) atoms. The minimum atomic E-state index is 0.997. The number of thiophene rings is 2. The summed E-state index contributed by atoms with van der Waals surface area (Å²) in [5.74, 6) is 0. The number of hydrogen-bond acceptors (Lipinski definition) is 2. The molecule has 0 spiro atoms. The smallest absolute Gasteiger partial charge is 0.0540 e. The van der Waals surface area contributed by atoms with Crippen LogP contribution in [0.5, 0.6) is 0 Å². The molecule has 2 heteroatoms. The van der Waals surface area contributed by atoms with E-state index in [1.54, 1.807) is 0 Å². The Morgan fingerprint density at radius 3 is 1.49 bits per heavy atom. The van der Waals surface area contributed by atoms with E-state index in [4.69, 9.17) is 0 Å². The van der Waals surface area contributed by atoms with Gasteiger partial charge in [-0.2, -0.15) is 0 Å². The summed E-state index contributed by atoms with van der Waals surface area (Å²) in [6, 6.07) is 75.5. The van der Waals surface area contributed by atoms with Crippen molar-refractivity contribution in [3.05, 3.63) is 233 Å². The molecule has 16 rings (SSSR count). The van der Waals surface area contributed by atoms with Gasteiger partial charge in [0, 0.05) is 25.7 Å². The Morgan fingerprint density at radius 2 is 0.833 bits per heavy atom. The quantitative estimate of drug-likeness (QED) is 0.154. The molecule has 0 nitrogen and oxygen atoms in total. The first kappa shape index (κ1) is 40.6. The molecule has 2 aliphatic carbocycles. The summed E-state index contributed by atoms with van der Waals surface area (Å²) in [4.78, 5) is 1.41. The van der Waals surface area contributed by atoms with Gasteiger partial charge in [-0.3, -0.25) is 0 Å². The minimum absolute atomic E-state index is 0.997. The summed E-state index contributed by atoms with van der Waals surface area (Å²) in [7, 11) is 0. The predicted molar refractivity (Wildman–Crippen MR) is 316 cm³/mol. The van der Waals surface area contributed by atoms with E-state index in [-0.39, 0.29) is 0 Å². The number of benzene rings is 12. The normalized spacial score (nSPS) is 13.6. The molecule has 0 saturated carbocycles. The molecule has 336 valence electrons. The molecular weight excluding hydrogens is 905 g/mol. The molecule has 12 aromatic carbocycles. The Labute approximate surface area is 425 Å². The van der Waals surface area contributed by atoms with Crippen LogP contribution in [-0.4, -0.2) is 0 Å². The van der Waals surface area contributed by atoms with Crippen molar-refractivity contribution in [3.63, 3.8) is 0 Å². The van der Waals surface area contributed by atoms with E-state index in [2.05, 4.69) is 218 Å². The van der Waals surface area contributed by atoms with Crippen molar-refractivity contribution >= 4 is 135 Å². The minimum Gasteiger partial charge on any atom is -0.134 e. The summed E-state index contributed by atoms with van der Waals surface area (Å²) >= 11 is 4.01. The highest BCUT2D eigenvalue weighted by molar-refractivity contribution is 7.31. The van der Waals surface area contributed by atoms with Crippen LogP contribution in [0, 0.1) is 0 Å². The Balaban J connectivity index is 0.886. The second-order valence-electron chi connectivity index (χ2n) is 20.0. The summed E-state index contributed by atoms with van der Waals surface area (Å²) < 4.78 is 4.20. The number of allylic oxidation sites excluding steroid dienone is 2. The third-order valence-electron chi connectivity index (χ3n) is 16.2. The highest BCUT2D eigenvalue weighted by Crippen LogP contribution is 2.53. The van der Waals surface area contributed by atoms with Crippen LogP contribution in [-0.2, 0) is 12.8 Å². The largest absolute Gasteiger partial charge is 0.134 e. The lowest BCUT2D eigenvalue weighted by molar-refractivity contribution is 0.991. The van der Waals surface area contributed by atoms with Crippen molar-refractivity contribution < 1.29 is 0 Å². The van der Waals surface area contributed by atoms with E-state index in [0.29, 0.717) is 0 Å². The fraction of sp³-hybridized carbons (Fsp3) is 0.0571. The van der Waals surface area contributed by atoms with E-state index in [0.717, 1.165) is 25.7 Å². The van der Waals surface area contributed by atoms with Crippen LogP contribution in [0.3, 0.4) is 0 Å². The van der Waals surface area contributed by atoms with Gasteiger partial charge in [0.25, 0.3) is 0 Å². The van der Waals surface area contributed by atoms with Crippen molar-refractivity contribution in [2.24, 2.45) is 0 Å². The van der Waals surface area contributed by atoms with Crippen molar-refractivity contribution in [2.45, 2.75) is 25.7 Å². The predicted octanol–water partition coefficient (Wildman–Crippen LogP) is 20.6. The van der Waals surface area contributed by atoms with Gasteiger partial charge >= 0.3 is 0 Å². The fourth-order valence-electron chi connectivity index (χ4n) is 13.1. The second-order valence-corrected chi connectivity index (χ2v) is 22.1. The molecule has 0 N–H and O–H groups in total.